The largest absolute Gasteiger partial charge is 0.0887 e. The van der Waals surface area contributed by atoms with Crippen LogP contribution in [-0.2, 0) is 0 Å². The third kappa shape index (κ3) is 5.01. The summed E-state index contributed by atoms with van der Waals surface area (Å²) >= 11 is 0. The normalized spacial score (nSPS) is 28.3. The van der Waals surface area contributed by atoms with Gasteiger partial charge in [0.15, 0.2) is 0 Å². The molecule has 0 amide bonds. The summed E-state index contributed by atoms with van der Waals surface area (Å²) in [6.07, 6.45) is 21.9. The van der Waals surface area contributed by atoms with Gasteiger partial charge in [-0.25, -0.2) is 0 Å². The number of allylic oxidation sites excluding steroid dienone is 6. The van der Waals surface area contributed by atoms with Crippen molar-refractivity contribution in [3.8, 4) is 0 Å². The summed E-state index contributed by atoms with van der Waals surface area (Å²) < 4.78 is 0. The average Bonchev–Trinajstić information content (AvgIpc) is 2.47. The van der Waals surface area contributed by atoms with E-state index in [4.69, 9.17) is 0 Å². The maximum absolute atomic E-state index is 2.46. The van der Waals surface area contributed by atoms with E-state index < -0.39 is 0 Å². The van der Waals surface area contributed by atoms with Gasteiger partial charge in [0.1, 0.15) is 0 Å². The second kappa shape index (κ2) is 7.72. The van der Waals surface area contributed by atoms with Crippen LogP contribution in [0, 0.1) is 11.8 Å². The minimum Gasteiger partial charge on any atom is -0.0887 e. The molecule has 0 radical (unpaired) electrons. The molecule has 0 aromatic heterocycles. The van der Waals surface area contributed by atoms with Gasteiger partial charge in [-0.3, -0.25) is 0 Å². The predicted octanol–water partition coefficient (Wildman–Crippen LogP) is 6.21. The second-order valence-electron chi connectivity index (χ2n) is 6.52. The summed E-state index contributed by atoms with van der Waals surface area (Å²) in [7, 11) is 0. The van der Waals surface area contributed by atoms with E-state index in [2.05, 4.69) is 38.2 Å². The van der Waals surface area contributed by atoms with Gasteiger partial charge in [0, 0.05) is 0 Å². The van der Waals surface area contributed by atoms with Crippen LogP contribution in [-0.4, -0.2) is 0 Å². The summed E-state index contributed by atoms with van der Waals surface area (Å²) in [6, 6.07) is 0. The fourth-order valence-electron chi connectivity index (χ4n) is 3.45. The second-order valence-corrected chi connectivity index (χ2v) is 6.52. The fraction of sp³-hybridized carbons (Fsp3) is 0.684. The summed E-state index contributed by atoms with van der Waals surface area (Å²) in [5.41, 5.74) is 3.18. The monoisotopic (exact) mass is 258 g/mol. The van der Waals surface area contributed by atoms with Gasteiger partial charge in [-0.05, 0) is 70.6 Å². The van der Waals surface area contributed by atoms with Crippen molar-refractivity contribution in [3.05, 3.63) is 35.5 Å². The lowest BCUT2D eigenvalue weighted by Gasteiger charge is -2.29. The Bertz CT molecular complexity index is 348. The first-order chi connectivity index (χ1) is 9.28. The average molecular weight is 258 g/mol. The van der Waals surface area contributed by atoms with Gasteiger partial charge in [-0.1, -0.05) is 48.3 Å². The minimum absolute atomic E-state index is 0.966. The molecule has 0 aliphatic heterocycles. The molecular formula is C19H30. The SMILES string of the molecule is CC=C(C)CCC1CCC(CC2=CCCC=C2)CC1. The molecular weight excluding hydrogens is 228 g/mol. The zero-order chi connectivity index (χ0) is 13.5. The van der Waals surface area contributed by atoms with Crippen molar-refractivity contribution in [1.82, 2.24) is 0 Å². The lowest BCUT2D eigenvalue weighted by molar-refractivity contribution is 0.263. The Kier molecular flexibility index (Phi) is 5.94. The molecule has 2 rings (SSSR count). The van der Waals surface area contributed by atoms with Crippen LogP contribution in [0.4, 0.5) is 0 Å². The molecule has 0 heteroatoms. The van der Waals surface area contributed by atoms with E-state index in [1.165, 1.54) is 57.8 Å². The van der Waals surface area contributed by atoms with E-state index in [-0.39, 0.29) is 0 Å². The van der Waals surface area contributed by atoms with Crippen molar-refractivity contribution in [2.24, 2.45) is 11.8 Å². The lowest BCUT2D eigenvalue weighted by Crippen LogP contribution is -2.15. The van der Waals surface area contributed by atoms with Gasteiger partial charge < -0.3 is 0 Å². The van der Waals surface area contributed by atoms with Gasteiger partial charge in [0.2, 0.25) is 0 Å². The maximum atomic E-state index is 2.46. The van der Waals surface area contributed by atoms with Crippen molar-refractivity contribution in [1.29, 1.82) is 0 Å². The third-order valence-corrected chi connectivity index (χ3v) is 5.00. The molecule has 0 heterocycles. The standard InChI is InChI=1S/C19H30/c1-3-16(2)9-10-17-11-13-19(14-12-17)15-18-7-5-4-6-8-18/h3,5,7-8,17,19H,4,6,9-15H2,1-2H3. The van der Waals surface area contributed by atoms with E-state index in [9.17, 15) is 0 Å². The molecule has 1 saturated carbocycles. The molecule has 2 aliphatic rings. The van der Waals surface area contributed by atoms with Crippen molar-refractivity contribution in [2.45, 2.75) is 71.6 Å². The predicted molar refractivity (Wildman–Crippen MR) is 85.2 cm³/mol. The molecule has 0 saturated heterocycles. The van der Waals surface area contributed by atoms with Crippen LogP contribution < -0.4 is 0 Å². The first-order valence-electron chi connectivity index (χ1n) is 8.25. The lowest BCUT2D eigenvalue weighted by atomic mass is 9.77. The molecule has 0 nitrogen and oxygen atoms in total. The smallest absolute Gasteiger partial charge is 0.0254 e. The van der Waals surface area contributed by atoms with Crippen molar-refractivity contribution in [2.75, 3.05) is 0 Å². The Balaban J connectivity index is 1.67. The quantitative estimate of drug-likeness (QED) is 0.514. The van der Waals surface area contributed by atoms with Gasteiger partial charge in [0.25, 0.3) is 0 Å². The van der Waals surface area contributed by atoms with Gasteiger partial charge in [0.05, 0.1) is 0 Å². The van der Waals surface area contributed by atoms with Crippen molar-refractivity contribution < 1.29 is 0 Å². The number of hydrogen-bond donors (Lipinski definition) is 0. The molecule has 1 fully saturated rings. The summed E-state index contributed by atoms with van der Waals surface area (Å²) in [6.45, 7) is 4.44. The molecule has 0 aromatic carbocycles. The Morgan fingerprint density at radius 2 is 1.89 bits per heavy atom. The van der Waals surface area contributed by atoms with Crippen LogP contribution in [0.25, 0.3) is 0 Å². The zero-order valence-corrected chi connectivity index (χ0v) is 12.8. The Hall–Kier alpha value is -0.780. The van der Waals surface area contributed by atoms with E-state index in [1.54, 1.807) is 11.1 Å². The van der Waals surface area contributed by atoms with Crippen LogP contribution in [0.3, 0.4) is 0 Å². The minimum atomic E-state index is 0.966. The highest BCUT2D eigenvalue weighted by atomic mass is 14.3. The highest BCUT2D eigenvalue weighted by Gasteiger charge is 2.21. The third-order valence-electron chi connectivity index (χ3n) is 5.00. The van der Waals surface area contributed by atoms with Crippen LogP contribution >= 0.6 is 0 Å². The molecule has 106 valence electrons. The van der Waals surface area contributed by atoms with E-state index >= 15 is 0 Å². The van der Waals surface area contributed by atoms with Gasteiger partial charge >= 0.3 is 0 Å². The fourth-order valence-corrected chi connectivity index (χ4v) is 3.45. The number of hydrogen-bond acceptors (Lipinski definition) is 0. The summed E-state index contributed by atoms with van der Waals surface area (Å²) in [5.74, 6) is 1.97. The molecule has 0 bridgehead atoms. The first kappa shape index (κ1) is 14.6. The zero-order valence-electron chi connectivity index (χ0n) is 12.8. The molecule has 0 unspecified atom stereocenters. The van der Waals surface area contributed by atoms with E-state index in [0.29, 0.717) is 0 Å². The van der Waals surface area contributed by atoms with E-state index in [0.717, 1.165) is 11.8 Å². The Morgan fingerprint density at radius 1 is 1.16 bits per heavy atom. The van der Waals surface area contributed by atoms with Crippen LogP contribution in [0.5, 0.6) is 0 Å². The molecule has 19 heavy (non-hydrogen) atoms. The highest BCUT2D eigenvalue weighted by Crippen LogP contribution is 2.35. The van der Waals surface area contributed by atoms with Crippen molar-refractivity contribution >= 4 is 0 Å². The molecule has 0 N–H and O–H groups in total. The Morgan fingerprint density at radius 3 is 2.53 bits per heavy atom. The first-order valence-corrected chi connectivity index (χ1v) is 8.25. The molecule has 0 atom stereocenters. The van der Waals surface area contributed by atoms with Crippen LogP contribution in [0.15, 0.2) is 35.5 Å². The van der Waals surface area contributed by atoms with Crippen LogP contribution in [0.2, 0.25) is 0 Å². The summed E-state index contributed by atoms with van der Waals surface area (Å²) in [4.78, 5) is 0. The van der Waals surface area contributed by atoms with Gasteiger partial charge in [-0.15, -0.1) is 0 Å². The Labute approximate surface area is 119 Å². The highest BCUT2D eigenvalue weighted by molar-refractivity contribution is 5.22. The molecule has 0 spiro atoms. The van der Waals surface area contributed by atoms with E-state index in [1.807, 2.05) is 0 Å². The van der Waals surface area contributed by atoms with Crippen molar-refractivity contribution in [3.63, 3.8) is 0 Å². The molecule has 0 aromatic rings. The topological polar surface area (TPSA) is 0 Å². The molecule has 2 aliphatic carbocycles. The maximum Gasteiger partial charge on any atom is -0.0254 e. The summed E-state index contributed by atoms with van der Waals surface area (Å²) in [5, 5.41) is 0. The van der Waals surface area contributed by atoms with Crippen LogP contribution in [0.1, 0.15) is 71.6 Å². The number of rotatable bonds is 5. The van der Waals surface area contributed by atoms with Gasteiger partial charge in [-0.2, -0.15) is 0 Å².